The number of carboxylic acids is 1. The summed E-state index contributed by atoms with van der Waals surface area (Å²) in [5.74, 6) is -2.62. The number of rotatable bonds is 4. The van der Waals surface area contributed by atoms with Crippen molar-refractivity contribution in [2.75, 3.05) is 26.2 Å². The maximum absolute atomic E-state index is 13.7. The monoisotopic (exact) mass is 360 g/mol. The zero-order valence-corrected chi connectivity index (χ0v) is 13.9. The molecule has 1 aliphatic heterocycles. The van der Waals surface area contributed by atoms with Gasteiger partial charge in [0, 0.05) is 26.2 Å². The molecule has 3 rings (SSSR count). The van der Waals surface area contributed by atoms with Crippen molar-refractivity contribution in [2.45, 2.75) is 6.42 Å². The molecular weight excluding hydrogens is 343 g/mol. The fraction of sp³-hybridized carbons (Fsp3) is 0.278. The minimum absolute atomic E-state index is 0.0270. The number of carbonyl (C=O) groups is 3. The molecule has 0 bridgehead atoms. The van der Waals surface area contributed by atoms with Crippen LogP contribution in [0.25, 0.3) is 0 Å². The predicted octanol–water partition coefficient (Wildman–Crippen LogP) is 1.64. The molecule has 0 radical (unpaired) electrons. The van der Waals surface area contributed by atoms with Crippen molar-refractivity contribution in [2.24, 2.45) is 0 Å². The minimum atomic E-state index is -1.24. The summed E-state index contributed by atoms with van der Waals surface area (Å²) in [7, 11) is 0. The molecule has 0 aliphatic carbocycles. The molecule has 136 valence electrons. The molecule has 8 heteroatoms. The third-order valence-corrected chi connectivity index (χ3v) is 4.25. The van der Waals surface area contributed by atoms with Crippen molar-refractivity contribution in [3.8, 4) is 0 Å². The number of piperazine rings is 1. The molecule has 1 saturated heterocycles. The number of halogens is 1. The van der Waals surface area contributed by atoms with Gasteiger partial charge < -0.3 is 19.3 Å². The van der Waals surface area contributed by atoms with E-state index in [1.165, 1.54) is 23.1 Å². The van der Waals surface area contributed by atoms with Gasteiger partial charge in [-0.15, -0.1) is 0 Å². The highest BCUT2D eigenvalue weighted by atomic mass is 19.1. The van der Waals surface area contributed by atoms with Gasteiger partial charge in [0.15, 0.2) is 5.76 Å². The lowest BCUT2D eigenvalue weighted by Gasteiger charge is -2.34. The first-order valence-corrected chi connectivity index (χ1v) is 8.09. The Hall–Kier alpha value is -3.16. The summed E-state index contributed by atoms with van der Waals surface area (Å²) >= 11 is 0. The van der Waals surface area contributed by atoms with Crippen LogP contribution in [-0.4, -0.2) is 58.9 Å². The number of benzene rings is 1. The van der Waals surface area contributed by atoms with E-state index in [1.54, 1.807) is 23.1 Å². The Morgan fingerprint density at radius 1 is 0.962 bits per heavy atom. The molecule has 1 aromatic carbocycles. The smallest absolute Gasteiger partial charge is 0.371 e. The summed E-state index contributed by atoms with van der Waals surface area (Å²) in [5.41, 5.74) is 0.341. The molecule has 2 aromatic rings. The maximum atomic E-state index is 13.7. The van der Waals surface area contributed by atoms with E-state index in [1.807, 2.05) is 0 Å². The second-order valence-corrected chi connectivity index (χ2v) is 5.91. The first kappa shape index (κ1) is 17.7. The zero-order chi connectivity index (χ0) is 18.7. The average molecular weight is 360 g/mol. The van der Waals surface area contributed by atoms with Crippen LogP contribution in [-0.2, 0) is 11.2 Å². The van der Waals surface area contributed by atoms with Crippen LogP contribution in [0.1, 0.15) is 26.7 Å². The van der Waals surface area contributed by atoms with Gasteiger partial charge in [0.25, 0.3) is 5.91 Å². The average Bonchev–Trinajstić information content (AvgIpc) is 3.13. The Morgan fingerprint density at radius 3 is 2.19 bits per heavy atom. The number of hydrogen-bond donors (Lipinski definition) is 1. The molecular formula is C18H17FN2O5. The molecule has 7 nitrogen and oxygen atoms in total. The normalized spacial score (nSPS) is 14.3. The molecule has 0 saturated carbocycles. The van der Waals surface area contributed by atoms with Crippen molar-refractivity contribution < 1.29 is 28.3 Å². The van der Waals surface area contributed by atoms with Gasteiger partial charge in [-0.25, -0.2) is 9.18 Å². The molecule has 0 atom stereocenters. The Morgan fingerprint density at radius 2 is 1.58 bits per heavy atom. The number of nitrogens with zero attached hydrogens (tertiary/aromatic N) is 2. The number of hydrogen-bond acceptors (Lipinski definition) is 4. The molecule has 1 fully saturated rings. The van der Waals surface area contributed by atoms with Crippen LogP contribution in [0.15, 0.2) is 40.8 Å². The van der Waals surface area contributed by atoms with Crippen molar-refractivity contribution in [1.29, 1.82) is 0 Å². The number of carboxylic acid groups (broad SMARTS) is 1. The third-order valence-electron chi connectivity index (χ3n) is 4.25. The van der Waals surface area contributed by atoms with Gasteiger partial charge in [-0.1, -0.05) is 18.2 Å². The van der Waals surface area contributed by atoms with Gasteiger partial charge in [-0.2, -0.15) is 0 Å². The first-order valence-electron chi connectivity index (χ1n) is 8.09. The second kappa shape index (κ2) is 7.38. The molecule has 2 heterocycles. The number of aromatic carboxylic acids is 1. The standard InChI is InChI=1S/C18H17FN2O5/c19-13-4-2-1-3-12(13)11-16(22)20-7-9-21(10-8-20)17(23)14-5-6-15(26-14)18(24)25/h1-6H,7-11H2,(H,24,25). The number of amides is 2. The van der Waals surface area contributed by atoms with Gasteiger partial charge in [0.1, 0.15) is 5.82 Å². The SMILES string of the molecule is O=C(O)c1ccc(C(=O)N2CCN(C(=O)Cc3ccccc3F)CC2)o1. The van der Waals surface area contributed by atoms with Crippen molar-refractivity contribution in [3.05, 3.63) is 59.3 Å². The van der Waals surface area contributed by atoms with E-state index in [4.69, 9.17) is 9.52 Å². The van der Waals surface area contributed by atoms with E-state index in [0.29, 0.717) is 31.7 Å². The lowest BCUT2D eigenvalue weighted by atomic mass is 10.1. The van der Waals surface area contributed by atoms with E-state index in [9.17, 15) is 18.8 Å². The molecule has 1 N–H and O–H groups in total. The fourth-order valence-corrected chi connectivity index (χ4v) is 2.80. The van der Waals surface area contributed by atoms with Crippen molar-refractivity contribution >= 4 is 17.8 Å². The Bertz CT molecular complexity index is 840. The Labute approximate surface area is 148 Å². The van der Waals surface area contributed by atoms with Gasteiger partial charge in [-0.05, 0) is 23.8 Å². The van der Waals surface area contributed by atoms with Gasteiger partial charge in [0.05, 0.1) is 6.42 Å². The second-order valence-electron chi connectivity index (χ2n) is 5.91. The minimum Gasteiger partial charge on any atom is -0.475 e. The van der Waals surface area contributed by atoms with Crippen LogP contribution in [0.3, 0.4) is 0 Å². The molecule has 0 unspecified atom stereocenters. The highest BCUT2D eigenvalue weighted by Crippen LogP contribution is 2.14. The molecule has 0 spiro atoms. The number of carbonyl (C=O) groups excluding carboxylic acids is 2. The summed E-state index contributed by atoms with van der Waals surface area (Å²) in [6.45, 7) is 1.24. The topological polar surface area (TPSA) is 91.1 Å². The van der Waals surface area contributed by atoms with Crippen LogP contribution in [0, 0.1) is 5.82 Å². The molecule has 1 aliphatic rings. The van der Waals surface area contributed by atoms with Gasteiger partial charge in [-0.3, -0.25) is 9.59 Å². The van der Waals surface area contributed by atoms with Gasteiger partial charge >= 0.3 is 5.97 Å². The lowest BCUT2D eigenvalue weighted by Crippen LogP contribution is -2.51. The summed E-state index contributed by atoms with van der Waals surface area (Å²) < 4.78 is 18.7. The highest BCUT2D eigenvalue weighted by Gasteiger charge is 2.27. The number of furan rings is 1. The van der Waals surface area contributed by atoms with E-state index in [2.05, 4.69) is 0 Å². The molecule has 2 amide bonds. The quantitative estimate of drug-likeness (QED) is 0.895. The summed E-state index contributed by atoms with van der Waals surface area (Å²) in [6.07, 6.45) is -0.0270. The predicted molar refractivity (Wildman–Crippen MR) is 88.3 cm³/mol. The highest BCUT2D eigenvalue weighted by molar-refractivity contribution is 5.93. The van der Waals surface area contributed by atoms with Crippen LogP contribution in [0.5, 0.6) is 0 Å². The van der Waals surface area contributed by atoms with Crippen molar-refractivity contribution in [1.82, 2.24) is 9.80 Å². The molecule has 26 heavy (non-hydrogen) atoms. The van der Waals surface area contributed by atoms with Crippen molar-refractivity contribution in [3.63, 3.8) is 0 Å². The van der Waals surface area contributed by atoms with E-state index >= 15 is 0 Å². The zero-order valence-electron chi connectivity index (χ0n) is 13.9. The van der Waals surface area contributed by atoms with Crippen LogP contribution in [0.2, 0.25) is 0 Å². The fourth-order valence-electron chi connectivity index (χ4n) is 2.80. The molecule has 1 aromatic heterocycles. The summed E-state index contributed by atoms with van der Waals surface area (Å²) in [5, 5.41) is 8.84. The first-order chi connectivity index (χ1) is 12.5. The maximum Gasteiger partial charge on any atom is 0.371 e. The summed E-state index contributed by atoms with van der Waals surface area (Å²) in [6, 6.07) is 8.68. The summed E-state index contributed by atoms with van der Waals surface area (Å²) in [4.78, 5) is 38.5. The van der Waals surface area contributed by atoms with Crippen LogP contribution < -0.4 is 0 Å². The lowest BCUT2D eigenvalue weighted by molar-refractivity contribution is -0.132. The third kappa shape index (κ3) is 3.74. The van der Waals surface area contributed by atoms with E-state index < -0.39 is 17.7 Å². The van der Waals surface area contributed by atoms with E-state index in [-0.39, 0.29) is 23.8 Å². The van der Waals surface area contributed by atoms with Crippen LogP contribution in [0.4, 0.5) is 4.39 Å². The van der Waals surface area contributed by atoms with E-state index in [0.717, 1.165) is 0 Å². The van der Waals surface area contributed by atoms with Gasteiger partial charge in [0.2, 0.25) is 11.7 Å². The largest absolute Gasteiger partial charge is 0.475 e. The Kier molecular flexibility index (Phi) is 5.01. The Balaban J connectivity index is 1.56. The van der Waals surface area contributed by atoms with Crippen LogP contribution >= 0.6 is 0 Å².